The Balaban J connectivity index is 1.17. The van der Waals surface area contributed by atoms with Crippen molar-refractivity contribution in [3.8, 4) is 33.4 Å². The van der Waals surface area contributed by atoms with E-state index in [-0.39, 0.29) is 5.41 Å². The van der Waals surface area contributed by atoms with Crippen LogP contribution in [-0.4, -0.2) is 0 Å². The minimum absolute atomic E-state index is 0.142. The number of furan rings is 1. The highest BCUT2D eigenvalue weighted by atomic mass is 16.3. The largest absolute Gasteiger partial charge is 0.456 e. The van der Waals surface area contributed by atoms with Crippen LogP contribution in [0, 0.1) is 0 Å². The van der Waals surface area contributed by atoms with E-state index in [0.717, 1.165) is 44.6 Å². The number of hydrogen-bond acceptors (Lipinski definition) is 2. The summed E-state index contributed by atoms with van der Waals surface area (Å²) in [5.41, 5.74) is 15.0. The topological polar surface area (TPSA) is 16.4 Å². The van der Waals surface area contributed by atoms with Crippen LogP contribution in [0.5, 0.6) is 0 Å². The Morgan fingerprint density at radius 2 is 1.05 bits per heavy atom. The Bertz CT molecular complexity index is 3130. The van der Waals surface area contributed by atoms with E-state index < -0.39 is 0 Å². The molecule has 2 nitrogen and oxygen atoms in total. The van der Waals surface area contributed by atoms with Gasteiger partial charge in [-0.3, -0.25) is 0 Å². The first-order valence-electron chi connectivity index (χ1n) is 19.1. The summed E-state index contributed by atoms with van der Waals surface area (Å²) in [6.07, 6.45) is 0. The van der Waals surface area contributed by atoms with Crippen LogP contribution in [0.2, 0.25) is 0 Å². The SMILES string of the molecule is CC1(C)c2ccccc2-c2ccc(N(c3ccc4c(c3)oc3ccc5ccccc5c34)c3ccccc3-c3cccc4cccc(-c5ccccc5)c34)cc21. The molecular formula is C53H37NO. The average molecular weight is 704 g/mol. The van der Waals surface area contributed by atoms with Gasteiger partial charge < -0.3 is 9.32 Å². The van der Waals surface area contributed by atoms with Crippen molar-refractivity contribution in [1.82, 2.24) is 0 Å². The van der Waals surface area contributed by atoms with Crippen LogP contribution in [0.1, 0.15) is 25.0 Å². The van der Waals surface area contributed by atoms with Crippen molar-refractivity contribution in [2.45, 2.75) is 19.3 Å². The van der Waals surface area contributed by atoms with Gasteiger partial charge in [-0.1, -0.05) is 159 Å². The molecule has 0 N–H and O–H groups in total. The van der Waals surface area contributed by atoms with Gasteiger partial charge in [0.15, 0.2) is 0 Å². The molecule has 0 unspecified atom stereocenters. The first-order chi connectivity index (χ1) is 27.0. The van der Waals surface area contributed by atoms with Gasteiger partial charge >= 0.3 is 0 Å². The molecule has 55 heavy (non-hydrogen) atoms. The fraction of sp³-hybridized carbons (Fsp3) is 0.0566. The number of anilines is 3. The maximum Gasteiger partial charge on any atom is 0.137 e. The molecule has 0 amide bonds. The Morgan fingerprint density at radius 3 is 1.93 bits per heavy atom. The van der Waals surface area contributed by atoms with Gasteiger partial charge in [-0.05, 0) is 96.9 Å². The van der Waals surface area contributed by atoms with Gasteiger partial charge in [0.1, 0.15) is 11.2 Å². The van der Waals surface area contributed by atoms with E-state index in [4.69, 9.17) is 4.42 Å². The summed E-state index contributed by atoms with van der Waals surface area (Å²) in [7, 11) is 0. The van der Waals surface area contributed by atoms with Crippen molar-refractivity contribution in [2.24, 2.45) is 0 Å². The van der Waals surface area contributed by atoms with E-state index in [1.54, 1.807) is 0 Å². The molecule has 0 fully saturated rings. The number of benzene rings is 9. The number of fused-ring (bicyclic) bond motifs is 9. The molecule has 9 aromatic carbocycles. The summed E-state index contributed by atoms with van der Waals surface area (Å²) in [5.74, 6) is 0. The second-order valence-electron chi connectivity index (χ2n) is 15.3. The molecule has 0 spiro atoms. The normalized spacial score (nSPS) is 13.1. The maximum atomic E-state index is 6.68. The van der Waals surface area contributed by atoms with E-state index in [0.29, 0.717) is 0 Å². The van der Waals surface area contributed by atoms with Crippen molar-refractivity contribution in [3.63, 3.8) is 0 Å². The summed E-state index contributed by atoms with van der Waals surface area (Å²) in [6.45, 7) is 4.71. The molecule has 11 rings (SSSR count). The summed E-state index contributed by atoms with van der Waals surface area (Å²) in [6, 6.07) is 68.4. The number of rotatable bonds is 5. The smallest absolute Gasteiger partial charge is 0.137 e. The van der Waals surface area contributed by atoms with Crippen LogP contribution in [0.4, 0.5) is 17.1 Å². The summed E-state index contributed by atoms with van der Waals surface area (Å²) < 4.78 is 6.68. The van der Waals surface area contributed by atoms with E-state index in [1.807, 2.05) is 0 Å². The Kier molecular flexibility index (Phi) is 6.93. The lowest BCUT2D eigenvalue weighted by molar-refractivity contribution is 0.660. The van der Waals surface area contributed by atoms with Crippen molar-refractivity contribution in [2.75, 3.05) is 4.90 Å². The van der Waals surface area contributed by atoms with Gasteiger partial charge in [0.2, 0.25) is 0 Å². The quantitative estimate of drug-likeness (QED) is 0.177. The fourth-order valence-electron chi connectivity index (χ4n) is 9.25. The molecule has 0 saturated carbocycles. The Morgan fingerprint density at radius 1 is 0.400 bits per heavy atom. The predicted octanol–water partition coefficient (Wildman–Crippen LogP) is 15.0. The summed E-state index contributed by atoms with van der Waals surface area (Å²) >= 11 is 0. The van der Waals surface area contributed by atoms with Crippen LogP contribution in [0.15, 0.2) is 192 Å². The highest BCUT2D eigenvalue weighted by Crippen LogP contribution is 2.52. The zero-order chi connectivity index (χ0) is 36.7. The molecule has 0 aliphatic heterocycles. The van der Waals surface area contributed by atoms with Crippen molar-refractivity contribution >= 4 is 60.5 Å². The lowest BCUT2D eigenvalue weighted by Gasteiger charge is -2.30. The van der Waals surface area contributed by atoms with Crippen molar-refractivity contribution in [3.05, 3.63) is 199 Å². The first-order valence-corrected chi connectivity index (χ1v) is 19.1. The lowest BCUT2D eigenvalue weighted by atomic mass is 9.82. The number of hydrogen-bond donors (Lipinski definition) is 0. The first kappa shape index (κ1) is 31.6. The third-order valence-electron chi connectivity index (χ3n) is 11.9. The minimum Gasteiger partial charge on any atom is -0.456 e. The molecule has 1 aliphatic rings. The molecule has 10 aromatic rings. The highest BCUT2D eigenvalue weighted by Gasteiger charge is 2.36. The lowest BCUT2D eigenvalue weighted by Crippen LogP contribution is -2.16. The van der Waals surface area contributed by atoms with Crippen LogP contribution in [0.3, 0.4) is 0 Å². The third-order valence-corrected chi connectivity index (χ3v) is 11.9. The number of nitrogens with zero attached hydrogens (tertiary/aromatic N) is 1. The summed E-state index contributed by atoms with van der Waals surface area (Å²) in [4.78, 5) is 2.43. The molecule has 1 aromatic heterocycles. The minimum atomic E-state index is -0.142. The van der Waals surface area contributed by atoms with Crippen molar-refractivity contribution < 1.29 is 4.42 Å². The molecule has 2 heteroatoms. The van der Waals surface area contributed by atoms with E-state index >= 15 is 0 Å². The van der Waals surface area contributed by atoms with Crippen LogP contribution < -0.4 is 4.90 Å². The Hall–Kier alpha value is -6.90. The van der Waals surface area contributed by atoms with Gasteiger partial charge in [0, 0.05) is 39.2 Å². The molecule has 0 atom stereocenters. The Labute approximate surface area is 320 Å². The van der Waals surface area contributed by atoms with Crippen molar-refractivity contribution in [1.29, 1.82) is 0 Å². The average Bonchev–Trinajstić information content (AvgIpc) is 3.72. The van der Waals surface area contributed by atoms with Gasteiger partial charge in [-0.2, -0.15) is 0 Å². The molecule has 1 heterocycles. The van der Waals surface area contributed by atoms with Gasteiger partial charge in [0.05, 0.1) is 5.69 Å². The van der Waals surface area contributed by atoms with E-state index in [9.17, 15) is 0 Å². The third kappa shape index (κ3) is 4.81. The second-order valence-corrected chi connectivity index (χ2v) is 15.3. The summed E-state index contributed by atoms with van der Waals surface area (Å²) in [5, 5.41) is 7.16. The van der Waals surface area contributed by atoms with E-state index in [1.165, 1.54) is 60.5 Å². The fourth-order valence-corrected chi connectivity index (χ4v) is 9.25. The zero-order valence-corrected chi connectivity index (χ0v) is 30.8. The molecule has 1 aliphatic carbocycles. The molecular weight excluding hydrogens is 667 g/mol. The van der Waals surface area contributed by atoms with E-state index in [2.05, 4.69) is 207 Å². The monoisotopic (exact) mass is 703 g/mol. The highest BCUT2D eigenvalue weighted by molar-refractivity contribution is 6.19. The zero-order valence-electron chi connectivity index (χ0n) is 30.8. The van der Waals surface area contributed by atoms with Crippen LogP contribution in [-0.2, 0) is 5.41 Å². The standard InChI is InChI=1S/C53H37NO/c1-53(2)46-24-10-8-20-41(46)42-29-27-37(32-47(42)53)54(38-28-30-45-50(33-38)55-49-31-26-35-16-6-7-19-40(35)52(45)49)48-25-11-9-21-43(48)44-23-13-18-36-17-12-22-39(51(36)44)34-14-4-3-5-15-34/h3-33H,1-2H3. The number of para-hydroxylation sites is 1. The molecule has 260 valence electrons. The molecule has 0 radical (unpaired) electrons. The van der Waals surface area contributed by atoms with Crippen LogP contribution in [0.25, 0.3) is 76.9 Å². The molecule has 0 bridgehead atoms. The molecule has 0 saturated heterocycles. The second kappa shape index (κ2) is 12.1. The maximum absolute atomic E-state index is 6.68. The van der Waals surface area contributed by atoms with Gasteiger partial charge in [-0.15, -0.1) is 0 Å². The van der Waals surface area contributed by atoms with Gasteiger partial charge in [-0.25, -0.2) is 0 Å². The predicted molar refractivity (Wildman–Crippen MR) is 232 cm³/mol. The van der Waals surface area contributed by atoms with Gasteiger partial charge in [0.25, 0.3) is 0 Å². The van der Waals surface area contributed by atoms with Crippen LogP contribution >= 0.6 is 0 Å².